The molecule has 0 aliphatic carbocycles. The Balaban J connectivity index is 2.20. The summed E-state index contributed by atoms with van der Waals surface area (Å²) >= 11 is 0. The molecular weight excluding hydrogens is 240 g/mol. The Morgan fingerprint density at radius 1 is 1.26 bits per heavy atom. The highest BCUT2D eigenvalue weighted by Crippen LogP contribution is 2.44. The third kappa shape index (κ3) is 1.84. The zero-order valence-electron chi connectivity index (χ0n) is 11.2. The molecule has 1 N–H and O–H groups in total. The second kappa shape index (κ2) is 3.95. The number of rotatable bonds is 1. The van der Waals surface area contributed by atoms with Crippen LogP contribution in [0.25, 0.3) is 0 Å². The Labute approximate surface area is 111 Å². The standard InChI is InChI=1S/C15H16N2O2/c1-9-4-6-10(7-5-9)12-11-13(18)16-8-17-14(11)19-15(12,2)3/h4-8,12H,1-3H3,(H,16,17,18)/t12-/m1/s1. The Hall–Kier alpha value is -2.10. The van der Waals surface area contributed by atoms with Crippen LogP contribution in [0.1, 0.15) is 36.5 Å². The van der Waals surface area contributed by atoms with E-state index in [4.69, 9.17) is 4.74 Å². The van der Waals surface area contributed by atoms with Crippen molar-refractivity contribution in [3.8, 4) is 5.88 Å². The fourth-order valence-electron chi connectivity index (χ4n) is 2.71. The molecule has 1 aliphatic heterocycles. The first kappa shape index (κ1) is 12.0. The van der Waals surface area contributed by atoms with Gasteiger partial charge in [-0.2, -0.15) is 0 Å². The lowest BCUT2D eigenvalue weighted by atomic mass is 9.82. The smallest absolute Gasteiger partial charge is 0.258 e. The van der Waals surface area contributed by atoms with Crippen molar-refractivity contribution >= 4 is 0 Å². The summed E-state index contributed by atoms with van der Waals surface area (Å²) in [6.07, 6.45) is 1.38. The van der Waals surface area contributed by atoms with Gasteiger partial charge in [0.25, 0.3) is 5.56 Å². The molecule has 0 saturated heterocycles. The predicted octanol–water partition coefficient (Wildman–Crippen LogP) is 2.38. The molecule has 4 nitrogen and oxygen atoms in total. The summed E-state index contributed by atoms with van der Waals surface area (Å²) in [6, 6.07) is 8.20. The van der Waals surface area contributed by atoms with Crippen molar-refractivity contribution in [3.05, 3.63) is 57.6 Å². The third-order valence-corrected chi connectivity index (χ3v) is 3.61. The summed E-state index contributed by atoms with van der Waals surface area (Å²) in [5.74, 6) is 0.347. The van der Waals surface area contributed by atoms with Crippen molar-refractivity contribution < 1.29 is 4.74 Å². The van der Waals surface area contributed by atoms with E-state index in [0.29, 0.717) is 11.4 Å². The van der Waals surface area contributed by atoms with Crippen molar-refractivity contribution in [1.82, 2.24) is 9.97 Å². The lowest BCUT2D eigenvalue weighted by molar-refractivity contribution is 0.117. The quantitative estimate of drug-likeness (QED) is 0.852. The van der Waals surface area contributed by atoms with Crippen LogP contribution in [0.15, 0.2) is 35.4 Å². The minimum absolute atomic E-state index is 0.0967. The number of fused-ring (bicyclic) bond motifs is 1. The number of hydrogen-bond donors (Lipinski definition) is 1. The molecule has 4 heteroatoms. The molecular formula is C15H16N2O2. The Kier molecular flexibility index (Phi) is 2.49. The number of nitrogens with zero attached hydrogens (tertiary/aromatic N) is 1. The van der Waals surface area contributed by atoms with Crippen LogP contribution >= 0.6 is 0 Å². The normalized spacial score (nSPS) is 19.8. The van der Waals surface area contributed by atoms with E-state index >= 15 is 0 Å². The van der Waals surface area contributed by atoms with Crippen molar-refractivity contribution in [2.24, 2.45) is 0 Å². The van der Waals surface area contributed by atoms with Crippen LogP contribution in [-0.2, 0) is 0 Å². The topological polar surface area (TPSA) is 55.0 Å². The van der Waals surface area contributed by atoms with E-state index in [9.17, 15) is 4.79 Å². The average molecular weight is 256 g/mol. The van der Waals surface area contributed by atoms with Crippen molar-refractivity contribution in [2.45, 2.75) is 32.3 Å². The van der Waals surface area contributed by atoms with Crippen LogP contribution < -0.4 is 10.3 Å². The van der Waals surface area contributed by atoms with Crippen molar-refractivity contribution in [3.63, 3.8) is 0 Å². The van der Waals surface area contributed by atoms with Gasteiger partial charge in [0, 0.05) is 0 Å². The van der Waals surface area contributed by atoms with Gasteiger partial charge in [-0.15, -0.1) is 0 Å². The first-order valence-electron chi connectivity index (χ1n) is 6.32. The molecule has 1 atom stereocenters. The zero-order valence-corrected chi connectivity index (χ0v) is 11.2. The lowest BCUT2D eigenvalue weighted by Crippen LogP contribution is -2.32. The van der Waals surface area contributed by atoms with E-state index in [1.165, 1.54) is 11.9 Å². The molecule has 1 aliphatic rings. The Morgan fingerprint density at radius 3 is 2.63 bits per heavy atom. The molecule has 0 spiro atoms. The number of hydrogen-bond acceptors (Lipinski definition) is 3. The summed E-state index contributed by atoms with van der Waals surface area (Å²) in [6.45, 7) is 6.01. The number of aryl methyl sites for hydroxylation is 1. The van der Waals surface area contributed by atoms with Crippen molar-refractivity contribution in [2.75, 3.05) is 0 Å². The minimum Gasteiger partial charge on any atom is -0.470 e. The van der Waals surface area contributed by atoms with Gasteiger partial charge in [-0.3, -0.25) is 4.79 Å². The number of benzene rings is 1. The van der Waals surface area contributed by atoms with Crippen LogP contribution in [0.5, 0.6) is 5.88 Å². The van der Waals surface area contributed by atoms with Crippen LogP contribution in [-0.4, -0.2) is 15.6 Å². The van der Waals surface area contributed by atoms with Gasteiger partial charge in [-0.1, -0.05) is 29.8 Å². The highest BCUT2D eigenvalue weighted by Gasteiger charge is 2.44. The molecule has 2 aromatic rings. The first-order valence-corrected chi connectivity index (χ1v) is 6.32. The molecule has 1 aromatic carbocycles. The predicted molar refractivity (Wildman–Crippen MR) is 72.6 cm³/mol. The lowest BCUT2D eigenvalue weighted by Gasteiger charge is -2.26. The van der Waals surface area contributed by atoms with Crippen molar-refractivity contribution in [1.29, 1.82) is 0 Å². The number of aromatic nitrogens is 2. The van der Waals surface area contributed by atoms with Gasteiger partial charge in [0.1, 0.15) is 5.60 Å². The Morgan fingerprint density at radius 2 is 1.95 bits per heavy atom. The van der Waals surface area contributed by atoms with Gasteiger partial charge in [0.15, 0.2) is 0 Å². The first-order chi connectivity index (χ1) is 8.99. The van der Waals surface area contributed by atoms with Crippen LogP contribution in [0.4, 0.5) is 0 Å². The number of aromatic amines is 1. The van der Waals surface area contributed by atoms with Gasteiger partial charge in [-0.25, -0.2) is 4.98 Å². The fraction of sp³-hybridized carbons (Fsp3) is 0.333. The van der Waals surface area contributed by atoms with Gasteiger partial charge in [-0.05, 0) is 26.3 Å². The molecule has 0 amide bonds. The number of H-pyrrole nitrogens is 1. The van der Waals surface area contributed by atoms with E-state index < -0.39 is 5.60 Å². The molecule has 0 bridgehead atoms. The molecule has 1 aromatic heterocycles. The second-order valence-corrected chi connectivity index (χ2v) is 5.50. The maximum Gasteiger partial charge on any atom is 0.258 e. The van der Waals surface area contributed by atoms with E-state index in [0.717, 1.165) is 5.56 Å². The maximum atomic E-state index is 12.1. The van der Waals surface area contributed by atoms with Gasteiger partial charge >= 0.3 is 0 Å². The summed E-state index contributed by atoms with van der Waals surface area (Å²) in [4.78, 5) is 18.8. The molecule has 19 heavy (non-hydrogen) atoms. The highest BCUT2D eigenvalue weighted by molar-refractivity contribution is 5.44. The summed E-state index contributed by atoms with van der Waals surface area (Å²) in [5.41, 5.74) is 2.30. The number of nitrogens with one attached hydrogen (secondary N) is 1. The highest BCUT2D eigenvalue weighted by atomic mass is 16.5. The van der Waals surface area contributed by atoms with Crippen LogP contribution in [0.2, 0.25) is 0 Å². The molecule has 0 radical (unpaired) electrons. The van der Waals surface area contributed by atoms with Crippen LogP contribution in [0, 0.1) is 6.92 Å². The van der Waals surface area contributed by atoms with Gasteiger partial charge in [0.2, 0.25) is 5.88 Å². The zero-order chi connectivity index (χ0) is 13.6. The van der Waals surface area contributed by atoms with E-state index in [1.807, 2.05) is 45.0 Å². The molecule has 0 unspecified atom stereocenters. The largest absolute Gasteiger partial charge is 0.470 e. The fourth-order valence-corrected chi connectivity index (χ4v) is 2.71. The molecule has 3 rings (SSSR count). The molecule has 0 saturated carbocycles. The van der Waals surface area contributed by atoms with E-state index in [1.54, 1.807) is 0 Å². The average Bonchev–Trinajstić information content (AvgIpc) is 2.62. The SMILES string of the molecule is Cc1ccc([C@@H]2c3c(nc[nH]c3=O)OC2(C)C)cc1. The Bertz CT molecular complexity index is 671. The summed E-state index contributed by atoms with van der Waals surface area (Å²) in [5, 5.41) is 0. The van der Waals surface area contributed by atoms with Gasteiger partial charge < -0.3 is 9.72 Å². The molecule has 2 heterocycles. The van der Waals surface area contributed by atoms with E-state index in [2.05, 4.69) is 9.97 Å². The summed E-state index contributed by atoms with van der Waals surface area (Å²) < 4.78 is 5.84. The third-order valence-electron chi connectivity index (χ3n) is 3.61. The van der Waals surface area contributed by atoms with Gasteiger partial charge in [0.05, 0.1) is 17.8 Å². The molecule has 98 valence electrons. The number of ether oxygens (including phenoxy) is 1. The summed E-state index contributed by atoms with van der Waals surface area (Å²) in [7, 11) is 0. The minimum atomic E-state index is -0.473. The maximum absolute atomic E-state index is 12.1. The monoisotopic (exact) mass is 256 g/mol. The van der Waals surface area contributed by atoms with E-state index in [-0.39, 0.29) is 11.5 Å². The second-order valence-electron chi connectivity index (χ2n) is 5.50. The van der Waals surface area contributed by atoms with Crippen LogP contribution in [0.3, 0.4) is 0 Å². The molecule has 0 fully saturated rings.